The molecule has 4 nitrogen and oxygen atoms in total. The van der Waals surface area contributed by atoms with Crippen LogP contribution in [0.4, 0.5) is 26.2 Å². The van der Waals surface area contributed by atoms with E-state index in [1.54, 1.807) is 6.07 Å². The Balaban J connectivity index is 1.76. The minimum Gasteiger partial charge on any atom is -0.351 e. The highest BCUT2D eigenvalue weighted by Gasteiger charge is 2.15. The standard InChI is InChI=1S/C17H20F2N4/c1-11-9-16(22-15-8-7-12(18)10-14(15)19)23-17(20-11)21-13-5-3-2-4-6-13/h7-10,13H,2-6H2,1H3,(H2,20,21,22,23). The Morgan fingerprint density at radius 2 is 1.83 bits per heavy atom. The molecule has 1 aliphatic rings. The molecule has 23 heavy (non-hydrogen) atoms. The minimum atomic E-state index is -0.650. The fraction of sp³-hybridized carbons (Fsp3) is 0.412. The summed E-state index contributed by atoms with van der Waals surface area (Å²) in [5.41, 5.74) is 0.969. The average molecular weight is 318 g/mol. The van der Waals surface area contributed by atoms with E-state index in [4.69, 9.17) is 0 Å². The van der Waals surface area contributed by atoms with Gasteiger partial charge in [0.15, 0.2) is 0 Å². The van der Waals surface area contributed by atoms with Crippen molar-refractivity contribution in [2.75, 3.05) is 10.6 Å². The first-order chi connectivity index (χ1) is 11.1. The topological polar surface area (TPSA) is 49.8 Å². The molecule has 0 spiro atoms. The van der Waals surface area contributed by atoms with Crippen molar-refractivity contribution in [1.82, 2.24) is 9.97 Å². The molecule has 122 valence electrons. The summed E-state index contributed by atoms with van der Waals surface area (Å²) in [6.07, 6.45) is 5.95. The van der Waals surface area contributed by atoms with Crippen molar-refractivity contribution in [1.29, 1.82) is 0 Å². The van der Waals surface area contributed by atoms with Crippen LogP contribution in [0.25, 0.3) is 0 Å². The molecule has 2 N–H and O–H groups in total. The van der Waals surface area contributed by atoms with E-state index < -0.39 is 11.6 Å². The van der Waals surface area contributed by atoms with Crippen LogP contribution in [0.15, 0.2) is 24.3 Å². The number of benzene rings is 1. The molecular formula is C17H20F2N4. The van der Waals surface area contributed by atoms with Crippen molar-refractivity contribution in [2.24, 2.45) is 0 Å². The second-order valence-corrected chi connectivity index (χ2v) is 5.95. The molecule has 0 atom stereocenters. The second-order valence-electron chi connectivity index (χ2n) is 5.95. The van der Waals surface area contributed by atoms with Gasteiger partial charge in [-0.25, -0.2) is 13.8 Å². The van der Waals surface area contributed by atoms with Crippen LogP contribution in [0.2, 0.25) is 0 Å². The Kier molecular flexibility index (Phi) is 4.69. The minimum absolute atomic E-state index is 0.188. The molecule has 1 fully saturated rings. The summed E-state index contributed by atoms with van der Waals surface area (Å²) in [7, 11) is 0. The smallest absolute Gasteiger partial charge is 0.225 e. The maximum absolute atomic E-state index is 13.7. The van der Waals surface area contributed by atoms with Gasteiger partial charge < -0.3 is 10.6 Å². The van der Waals surface area contributed by atoms with Crippen LogP contribution in [0.3, 0.4) is 0 Å². The quantitative estimate of drug-likeness (QED) is 0.868. The van der Waals surface area contributed by atoms with Crippen molar-refractivity contribution < 1.29 is 8.78 Å². The Morgan fingerprint density at radius 3 is 2.57 bits per heavy atom. The summed E-state index contributed by atoms with van der Waals surface area (Å²) in [6.45, 7) is 1.86. The van der Waals surface area contributed by atoms with Gasteiger partial charge in [-0.2, -0.15) is 4.98 Å². The monoisotopic (exact) mass is 318 g/mol. The van der Waals surface area contributed by atoms with Crippen molar-refractivity contribution >= 4 is 17.5 Å². The van der Waals surface area contributed by atoms with Gasteiger partial charge in [-0.3, -0.25) is 0 Å². The first-order valence-electron chi connectivity index (χ1n) is 7.94. The predicted octanol–water partition coefficient (Wildman–Crippen LogP) is 4.55. The summed E-state index contributed by atoms with van der Waals surface area (Å²) in [6, 6.07) is 5.53. The first-order valence-corrected chi connectivity index (χ1v) is 7.94. The lowest BCUT2D eigenvalue weighted by Gasteiger charge is -2.23. The third-order valence-electron chi connectivity index (χ3n) is 3.99. The number of anilines is 3. The molecule has 1 heterocycles. The highest BCUT2D eigenvalue weighted by molar-refractivity contribution is 5.58. The number of hydrogen-bond donors (Lipinski definition) is 2. The molecule has 0 bridgehead atoms. The Labute approximate surface area is 134 Å². The molecule has 1 aromatic carbocycles. The van der Waals surface area contributed by atoms with Gasteiger partial charge in [-0.1, -0.05) is 19.3 Å². The number of nitrogens with zero attached hydrogens (tertiary/aromatic N) is 2. The van der Waals surface area contributed by atoms with Crippen LogP contribution in [-0.4, -0.2) is 16.0 Å². The number of aromatic nitrogens is 2. The van der Waals surface area contributed by atoms with Crippen LogP contribution < -0.4 is 10.6 Å². The predicted molar refractivity (Wildman–Crippen MR) is 86.9 cm³/mol. The van der Waals surface area contributed by atoms with Crippen LogP contribution in [0, 0.1) is 18.6 Å². The maximum atomic E-state index is 13.7. The van der Waals surface area contributed by atoms with Gasteiger partial charge in [0.25, 0.3) is 0 Å². The average Bonchev–Trinajstić information content (AvgIpc) is 2.50. The van der Waals surface area contributed by atoms with E-state index in [1.807, 2.05) is 6.92 Å². The summed E-state index contributed by atoms with van der Waals surface area (Å²) < 4.78 is 26.7. The molecule has 1 aliphatic carbocycles. The lowest BCUT2D eigenvalue weighted by Crippen LogP contribution is -2.23. The lowest BCUT2D eigenvalue weighted by molar-refractivity contribution is 0.461. The summed E-state index contributed by atoms with van der Waals surface area (Å²) >= 11 is 0. The molecule has 0 aliphatic heterocycles. The third-order valence-corrected chi connectivity index (χ3v) is 3.99. The van der Waals surface area contributed by atoms with E-state index in [0.29, 0.717) is 17.8 Å². The highest BCUT2D eigenvalue weighted by atomic mass is 19.1. The first kappa shape index (κ1) is 15.6. The molecule has 0 saturated heterocycles. The fourth-order valence-corrected chi connectivity index (χ4v) is 2.86. The van der Waals surface area contributed by atoms with Crippen molar-refractivity contribution in [3.63, 3.8) is 0 Å². The van der Waals surface area contributed by atoms with Gasteiger partial charge in [-0.15, -0.1) is 0 Å². The molecule has 1 aromatic heterocycles. The molecule has 0 unspecified atom stereocenters. The highest BCUT2D eigenvalue weighted by Crippen LogP contribution is 2.23. The SMILES string of the molecule is Cc1cc(Nc2ccc(F)cc2F)nc(NC2CCCCC2)n1. The van der Waals surface area contributed by atoms with E-state index in [-0.39, 0.29) is 5.69 Å². The maximum Gasteiger partial charge on any atom is 0.225 e. The van der Waals surface area contributed by atoms with Crippen molar-refractivity contribution in [2.45, 2.75) is 45.1 Å². The van der Waals surface area contributed by atoms with E-state index in [9.17, 15) is 8.78 Å². The zero-order valence-corrected chi connectivity index (χ0v) is 13.1. The van der Waals surface area contributed by atoms with Crippen LogP contribution >= 0.6 is 0 Å². The van der Waals surface area contributed by atoms with E-state index in [0.717, 1.165) is 24.6 Å². The van der Waals surface area contributed by atoms with E-state index >= 15 is 0 Å². The largest absolute Gasteiger partial charge is 0.351 e. The normalized spacial score (nSPS) is 15.4. The number of nitrogens with one attached hydrogen (secondary N) is 2. The fourth-order valence-electron chi connectivity index (χ4n) is 2.86. The molecule has 6 heteroatoms. The van der Waals surface area contributed by atoms with Gasteiger partial charge >= 0.3 is 0 Å². The van der Waals surface area contributed by atoms with Gasteiger partial charge in [-0.05, 0) is 31.9 Å². The van der Waals surface area contributed by atoms with Crippen LogP contribution in [0.5, 0.6) is 0 Å². The second kappa shape index (κ2) is 6.89. The Morgan fingerprint density at radius 1 is 1.04 bits per heavy atom. The molecule has 3 rings (SSSR count). The molecule has 2 aromatic rings. The number of halogens is 2. The summed E-state index contributed by atoms with van der Waals surface area (Å²) in [5, 5.41) is 6.24. The number of hydrogen-bond acceptors (Lipinski definition) is 4. The van der Waals surface area contributed by atoms with Crippen molar-refractivity contribution in [3.8, 4) is 0 Å². The zero-order chi connectivity index (χ0) is 16.2. The summed E-state index contributed by atoms with van der Waals surface area (Å²) in [4.78, 5) is 8.78. The van der Waals surface area contributed by atoms with Gasteiger partial charge in [0.1, 0.15) is 17.5 Å². The van der Waals surface area contributed by atoms with Crippen molar-refractivity contribution in [3.05, 3.63) is 41.6 Å². The number of rotatable bonds is 4. The lowest BCUT2D eigenvalue weighted by atomic mass is 9.96. The number of aryl methyl sites for hydroxylation is 1. The van der Waals surface area contributed by atoms with Gasteiger partial charge in [0.05, 0.1) is 5.69 Å². The summed E-state index contributed by atoms with van der Waals surface area (Å²) in [5.74, 6) is -0.224. The Bertz CT molecular complexity index is 684. The van der Waals surface area contributed by atoms with Gasteiger partial charge in [0, 0.05) is 23.9 Å². The van der Waals surface area contributed by atoms with E-state index in [2.05, 4.69) is 20.6 Å². The van der Waals surface area contributed by atoms with Crippen LogP contribution in [0.1, 0.15) is 37.8 Å². The third kappa shape index (κ3) is 4.15. The zero-order valence-electron chi connectivity index (χ0n) is 13.1. The molecule has 1 saturated carbocycles. The van der Waals surface area contributed by atoms with Gasteiger partial charge in [0.2, 0.25) is 5.95 Å². The Hall–Kier alpha value is -2.24. The van der Waals surface area contributed by atoms with Crippen LogP contribution in [-0.2, 0) is 0 Å². The molecule has 0 radical (unpaired) electrons. The van der Waals surface area contributed by atoms with E-state index in [1.165, 1.54) is 31.4 Å². The molecular weight excluding hydrogens is 298 g/mol. The molecule has 0 amide bonds.